The SMILES string of the molecule is CCC(C)C(NC(=O)CNC(=O)C(N)Cc1ccccc1)C(=O)NC(CCC(=O)O)C(=O)O. The minimum absolute atomic E-state index is 0.291. The summed E-state index contributed by atoms with van der Waals surface area (Å²) in [6, 6.07) is 5.81. The van der Waals surface area contributed by atoms with Crippen LogP contribution in [0.25, 0.3) is 0 Å². The van der Waals surface area contributed by atoms with Gasteiger partial charge in [-0.2, -0.15) is 0 Å². The summed E-state index contributed by atoms with van der Waals surface area (Å²) < 4.78 is 0. The van der Waals surface area contributed by atoms with Crippen LogP contribution in [-0.2, 0) is 30.4 Å². The van der Waals surface area contributed by atoms with Gasteiger partial charge in [-0.15, -0.1) is 0 Å². The van der Waals surface area contributed by atoms with E-state index in [9.17, 15) is 29.1 Å². The lowest BCUT2D eigenvalue weighted by molar-refractivity contribution is -0.143. The quantitative estimate of drug-likeness (QED) is 0.215. The molecule has 11 heteroatoms. The number of rotatable bonds is 14. The van der Waals surface area contributed by atoms with Gasteiger partial charge in [-0.25, -0.2) is 4.79 Å². The van der Waals surface area contributed by atoms with E-state index in [-0.39, 0.29) is 12.3 Å². The number of hydrogen-bond donors (Lipinski definition) is 6. The van der Waals surface area contributed by atoms with Crippen LogP contribution in [0.3, 0.4) is 0 Å². The van der Waals surface area contributed by atoms with Gasteiger partial charge in [0.05, 0.1) is 12.6 Å². The molecule has 0 aromatic heterocycles. The summed E-state index contributed by atoms with van der Waals surface area (Å²) in [4.78, 5) is 59.3. The Morgan fingerprint density at radius 2 is 1.64 bits per heavy atom. The van der Waals surface area contributed by atoms with Crippen LogP contribution >= 0.6 is 0 Å². The van der Waals surface area contributed by atoms with E-state index in [1.807, 2.05) is 30.3 Å². The summed E-state index contributed by atoms with van der Waals surface area (Å²) in [5.74, 6) is -4.84. The molecule has 4 unspecified atom stereocenters. The fourth-order valence-corrected chi connectivity index (χ4v) is 2.97. The highest BCUT2D eigenvalue weighted by atomic mass is 16.4. The van der Waals surface area contributed by atoms with Crippen molar-refractivity contribution in [3.05, 3.63) is 35.9 Å². The van der Waals surface area contributed by atoms with Gasteiger partial charge >= 0.3 is 11.9 Å². The minimum Gasteiger partial charge on any atom is -0.481 e. The molecule has 1 aromatic carbocycles. The number of hydrogen-bond acceptors (Lipinski definition) is 6. The average Bonchev–Trinajstić information content (AvgIpc) is 2.78. The monoisotopic (exact) mass is 464 g/mol. The highest BCUT2D eigenvalue weighted by Gasteiger charge is 2.30. The molecule has 0 heterocycles. The lowest BCUT2D eigenvalue weighted by Crippen LogP contribution is -2.56. The fraction of sp³-hybridized carbons (Fsp3) is 0.500. The number of carboxylic acids is 2. The molecule has 0 aliphatic rings. The normalized spacial score (nSPS) is 14.3. The zero-order chi connectivity index (χ0) is 25.0. The molecule has 33 heavy (non-hydrogen) atoms. The molecular formula is C22H32N4O7. The number of nitrogens with one attached hydrogen (secondary N) is 3. The van der Waals surface area contributed by atoms with Crippen molar-refractivity contribution in [2.45, 2.75) is 57.7 Å². The zero-order valence-electron chi connectivity index (χ0n) is 18.7. The van der Waals surface area contributed by atoms with Crippen LogP contribution in [0, 0.1) is 5.92 Å². The second-order valence-corrected chi connectivity index (χ2v) is 7.78. The molecule has 0 spiro atoms. The number of carbonyl (C=O) groups excluding carboxylic acids is 3. The second-order valence-electron chi connectivity index (χ2n) is 7.78. The molecule has 0 fully saturated rings. The Kier molecular flexibility index (Phi) is 11.6. The maximum atomic E-state index is 12.6. The molecule has 0 saturated carbocycles. The number of amides is 3. The summed E-state index contributed by atoms with van der Waals surface area (Å²) in [7, 11) is 0. The molecule has 1 rings (SSSR count). The Hall–Kier alpha value is -3.47. The first kappa shape index (κ1) is 27.6. The number of nitrogens with two attached hydrogens (primary N) is 1. The van der Waals surface area contributed by atoms with E-state index in [0.29, 0.717) is 12.8 Å². The van der Waals surface area contributed by atoms with Crippen LogP contribution < -0.4 is 21.7 Å². The smallest absolute Gasteiger partial charge is 0.326 e. The molecule has 0 aliphatic heterocycles. The Morgan fingerprint density at radius 1 is 1.00 bits per heavy atom. The lowest BCUT2D eigenvalue weighted by Gasteiger charge is -2.25. The first-order chi connectivity index (χ1) is 15.5. The fourth-order valence-electron chi connectivity index (χ4n) is 2.97. The molecule has 3 amide bonds. The maximum absolute atomic E-state index is 12.6. The van der Waals surface area contributed by atoms with Gasteiger partial charge in [0.15, 0.2) is 0 Å². The molecule has 1 aromatic rings. The average molecular weight is 465 g/mol. The van der Waals surface area contributed by atoms with Gasteiger partial charge in [-0.3, -0.25) is 19.2 Å². The zero-order valence-corrected chi connectivity index (χ0v) is 18.7. The standard InChI is InChI=1S/C22H32N4O7/c1-3-13(2)19(21(31)25-16(22(32)33)9-10-18(28)29)26-17(27)12-24-20(30)15(23)11-14-7-5-4-6-8-14/h4-8,13,15-16,19H,3,9-12,23H2,1-2H3,(H,24,30)(H,25,31)(H,26,27)(H,28,29)(H,32,33). The van der Waals surface area contributed by atoms with Gasteiger partial charge < -0.3 is 31.9 Å². The van der Waals surface area contributed by atoms with E-state index in [1.54, 1.807) is 13.8 Å². The highest BCUT2D eigenvalue weighted by molar-refractivity contribution is 5.92. The highest BCUT2D eigenvalue weighted by Crippen LogP contribution is 2.09. The predicted molar refractivity (Wildman–Crippen MR) is 119 cm³/mol. The van der Waals surface area contributed by atoms with Crippen molar-refractivity contribution in [1.29, 1.82) is 0 Å². The van der Waals surface area contributed by atoms with E-state index in [0.717, 1.165) is 5.56 Å². The Morgan fingerprint density at radius 3 is 2.18 bits per heavy atom. The first-order valence-corrected chi connectivity index (χ1v) is 10.7. The van der Waals surface area contributed by atoms with Gasteiger partial charge in [0.25, 0.3) is 0 Å². The number of aliphatic carboxylic acids is 2. The van der Waals surface area contributed by atoms with Crippen molar-refractivity contribution in [3.8, 4) is 0 Å². The van der Waals surface area contributed by atoms with E-state index < -0.39 is 60.8 Å². The summed E-state index contributed by atoms with van der Waals surface area (Å²) in [6.07, 6.45) is 0.0540. The van der Waals surface area contributed by atoms with Gasteiger partial charge in [-0.05, 0) is 24.3 Å². The molecule has 7 N–H and O–H groups in total. The Bertz CT molecular complexity index is 831. The number of carboxylic acid groups (broad SMARTS) is 2. The Labute approximate surface area is 192 Å². The molecule has 0 bridgehead atoms. The van der Waals surface area contributed by atoms with Gasteiger partial charge in [0, 0.05) is 6.42 Å². The number of carbonyl (C=O) groups is 5. The van der Waals surface area contributed by atoms with Crippen molar-refractivity contribution < 1.29 is 34.2 Å². The summed E-state index contributed by atoms with van der Waals surface area (Å²) >= 11 is 0. The predicted octanol–water partition coefficient (Wildman–Crippen LogP) is -0.362. The van der Waals surface area contributed by atoms with Gasteiger partial charge in [0.2, 0.25) is 17.7 Å². The molecule has 182 valence electrons. The third-order valence-electron chi connectivity index (χ3n) is 5.13. The van der Waals surface area contributed by atoms with Crippen LogP contribution in [0.2, 0.25) is 0 Å². The molecule has 11 nitrogen and oxygen atoms in total. The van der Waals surface area contributed by atoms with E-state index in [4.69, 9.17) is 10.8 Å². The summed E-state index contributed by atoms with van der Waals surface area (Å²) in [5, 5.41) is 25.2. The third-order valence-corrected chi connectivity index (χ3v) is 5.13. The van der Waals surface area contributed by atoms with Gasteiger partial charge in [0.1, 0.15) is 12.1 Å². The topological polar surface area (TPSA) is 188 Å². The van der Waals surface area contributed by atoms with E-state index in [1.165, 1.54) is 0 Å². The molecule has 0 aliphatic carbocycles. The summed E-state index contributed by atoms with van der Waals surface area (Å²) in [5.41, 5.74) is 6.75. The van der Waals surface area contributed by atoms with Crippen molar-refractivity contribution in [1.82, 2.24) is 16.0 Å². The minimum atomic E-state index is -1.41. The molecule has 0 radical (unpaired) electrons. The van der Waals surface area contributed by atoms with Crippen molar-refractivity contribution in [2.24, 2.45) is 11.7 Å². The third kappa shape index (κ3) is 10.1. The summed E-state index contributed by atoms with van der Waals surface area (Å²) in [6.45, 7) is 3.08. The van der Waals surface area contributed by atoms with Crippen LogP contribution in [0.1, 0.15) is 38.7 Å². The molecule has 0 saturated heterocycles. The van der Waals surface area contributed by atoms with Crippen molar-refractivity contribution >= 4 is 29.7 Å². The Balaban J connectivity index is 2.66. The first-order valence-electron chi connectivity index (χ1n) is 10.7. The van der Waals surface area contributed by atoms with E-state index >= 15 is 0 Å². The maximum Gasteiger partial charge on any atom is 0.326 e. The lowest BCUT2D eigenvalue weighted by atomic mass is 9.97. The number of benzene rings is 1. The van der Waals surface area contributed by atoms with E-state index in [2.05, 4.69) is 16.0 Å². The van der Waals surface area contributed by atoms with Crippen LogP contribution in [0.5, 0.6) is 0 Å². The second kappa shape index (κ2) is 13.8. The van der Waals surface area contributed by atoms with Crippen molar-refractivity contribution in [2.75, 3.05) is 6.54 Å². The molecule has 4 atom stereocenters. The van der Waals surface area contributed by atoms with Crippen LogP contribution in [0.4, 0.5) is 0 Å². The largest absolute Gasteiger partial charge is 0.481 e. The van der Waals surface area contributed by atoms with Gasteiger partial charge in [-0.1, -0.05) is 50.6 Å². The van der Waals surface area contributed by atoms with Crippen LogP contribution in [0.15, 0.2) is 30.3 Å². The van der Waals surface area contributed by atoms with Crippen molar-refractivity contribution in [3.63, 3.8) is 0 Å². The molecular weight excluding hydrogens is 432 g/mol. The van der Waals surface area contributed by atoms with Crippen LogP contribution in [-0.4, -0.2) is 64.5 Å².